The molecular weight excluding hydrogens is 407 g/mol. The van der Waals surface area contributed by atoms with Crippen LogP contribution in [0.5, 0.6) is 0 Å². The highest BCUT2D eigenvalue weighted by Crippen LogP contribution is 2.37. The molecule has 1 aromatic heterocycles. The smallest absolute Gasteiger partial charge is 0.123 e. The Balaban J connectivity index is 2.15. The average molecular weight is 422 g/mol. The van der Waals surface area contributed by atoms with Crippen LogP contribution in [0.25, 0.3) is 0 Å². The zero-order chi connectivity index (χ0) is 14.7. The minimum absolute atomic E-state index is 0.117. The molecule has 108 valence electrons. The lowest BCUT2D eigenvalue weighted by Crippen LogP contribution is -2.29. The molecule has 0 saturated carbocycles. The number of thiophene rings is 1. The summed E-state index contributed by atoms with van der Waals surface area (Å²) in [5.74, 6) is -0.207. The number of hydrogen-bond acceptors (Lipinski definition) is 3. The van der Waals surface area contributed by atoms with Crippen LogP contribution in [0.4, 0.5) is 4.39 Å². The lowest BCUT2D eigenvalue weighted by molar-refractivity contribution is 0.245. The van der Waals surface area contributed by atoms with Gasteiger partial charge in [-0.15, -0.1) is 11.3 Å². The summed E-state index contributed by atoms with van der Waals surface area (Å²) in [6.45, 7) is 1.18. The maximum Gasteiger partial charge on any atom is 0.123 e. The molecule has 0 bridgehead atoms. The molecule has 0 saturated heterocycles. The van der Waals surface area contributed by atoms with Gasteiger partial charge < -0.3 is 5.73 Å². The second-order valence-electron chi connectivity index (χ2n) is 4.57. The van der Waals surface area contributed by atoms with Crippen LogP contribution >= 0.6 is 43.2 Å². The van der Waals surface area contributed by atoms with Gasteiger partial charge in [0.25, 0.3) is 0 Å². The van der Waals surface area contributed by atoms with E-state index in [9.17, 15) is 4.39 Å². The van der Waals surface area contributed by atoms with Gasteiger partial charge in [-0.2, -0.15) is 0 Å². The quantitative estimate of drug-likeness (QED) is 0.767. The Kier molecular flexibility index (Phi) is 5.74. The largest absolute Gasteiger partial charge is 0.329 e. The van der Waals surface area contributed by atoms with E-state index in [1.54, 1.807) is 23.5 Å². The molecule has 0 fully saturated rings. The van der Waals surface area contributed by atoms with Gasteiger partial charge in [-0.05, 0) is 62.7 Å². The van der Waals surface area contributed by atoms with Crippen LogP contribution in [0, 0.1) is 5.82 Å². The maximum atomic E-state index is 13.2. The molecule has 1 heterocycles. The van der Waals surface area contributed by atoms with Crippen molar-refractivity contribution in [3.05, 3.63) is 54.8 Å². The van der Waals surface area contributed by atoms with Crippen molar-refractivity contribution in [3.8, 4) is 0 Å². The van der Waals surface area contributed by atoms with E-state index in [1.807, 2.05) is 13.1 Å². The van der Waals surface area contributed by atoms with E-state index in [-0.39, 0.29) is 11.9 Å². The van der Waals surface area contributed by atoms with Gasteiger partial charge in [0.1, 0.15) is 5.82 Å². The zero-order valence-electron chi connectivity index (χ0n) is 10.9. The summed E-state index contributed by atoms with van der Waals surface area (Å²) in [6, 6.07) is 8.86. The summed E-state index contributed by atoms with van der Waals surface area (Å²) in [7, 11) is 2.00. The third kappa shape index (κ3) is 3.89. The van der Waals surface area contributed by atoms with Gasteiger partial charge in [0.15, 0.2) is 0 Å². The molecule has 0 aliphatic rings. The van der Waals surface area contributed by atoms with Crippen molar-refractivity contribution < 1.29 is 4.39 Å². The molecule has 1 unspecified atom stereocenters. The van der Waals surface area contributed by atoms with Crippen LogP contribution < -0.4 is 5.73 Å². The van der Waals surface area contributed by atoms with Crippen LogP contribution in [-0.2, 0) is 6.54 Å². The second kappa shape index (κ2) is 7.13. The molecule has 1 aromatic carbocycles. The van der Waals surface area contributed by atoms with E-state index in [0.717, 1.165) is 13.8 Å². The van der Waals surface area contributed by atoms with E-state index in [0.29, 0.717) is 13.1 Å². The van der Waals surface area contributed by atoms with Crippen molar-refractivity contribution in [1.82, 2.24) is 4.90 Å². The Labute approximate surface area is 139 Å². The van der Waals surface area contributed by atoms with Crippen LogP contribution in [-0.4, -0.2) is 18.5 Å². The van der Waals surface area contributed by atoms with Gasteiger partial charge >= 0.3 is 0 Å². The molecule has 0 aliphatic carbocycles. The second-order valence-corrected chi connectivity index (χ2v) is 7.82. The first-order valence-electron chi connectivity index (χ1n) is 6.10. The van der Waals surface area contributed by atoms with Gasteiger partial charge in [0.05, 0.1) is 9.83 Å². The van der Waals surface area contributed by atoms with E-state index in [1.165, 1.54) is 10.9 Å². The standard InChI is InChI=1S/C14H15Br2FN2S/c1-19(8-9-3-2-4-10(17)5-9)12(7-18)13-6-11(15)14(16)20-13/h2-6,12H,7-8,18H2,1H3. The first kappa shape index (κ1) is 16.1. The monoisotopic (exact) mass is 420 g/mol. The van der Waals surface area contributed by atoms with E-state index >= 15 is 0 Å². The molecule has 2 aromatic rings. The Hall–Kier alpha value is -0.270. The summed E-state index contributed by atoms with van der Waals surface area (Å²) in [4.78, 5) is 3.32. The third-order valence-corrected chi connectivity index (χ3v) is 6.43. The van der Waals surface area contributed by atoms with Crippen LogP contribution in [0.1, 0.15) is 16.5 Å². The molecule has 2 rings (SSSR count). The van der Waals surface area contributed by atoms with Gasteiger partial charge in [-0.3, -0.25) is 4.90 Å². The van der Waals surface area contributed by atoms with E-state index in [2.05, 4.69) is 42.8 Å². The predicted octanol–water partition coefficient (Wildman–Crippen LogP) is 4.54. The highest BCUT2D eigenvalue weighted by molar-refractivity contribution is 9.13. The number of hydrogen-bond donors (Lipinski definition) is 1. The summed E-state index contributed by atoms with van der Waals surface area (Å²) < 4.78 is 15.3. The lowest BCUT2D eigenvalue weighted by Gasteiger charge is -2.26. The Morgan fingerprint density at radius 3 is 2.65 bits per heavy atom. The highest BCUT2D eigenvalue weighted by Gasteiger charge is 2.19. The topological polar surface area (TPSA) is 29.3 Å². The van der Waals surface area contributed by atoms with Crippen molar-refractivity contribution in [2.24, 2.45) is 5.73 Å². The molecule has 0 spiro atoms. The number of nitrogens with zero attached hydrogens (tertiary/aromatic N) is 1. The molecule has 2 N–H and O–H groups in total. The summed E-state index contributed by atoms with van der Waals surface area (Å²) in [5, 5.41) is 0. The molecule has 0 radical (unpaired) electrons. The average Bonchev–Trinajstić information content (AvgIpc) is 2.70. The number of nitrogens with two attached hydrogens (primary N) is 1. The summed E-state index contributed by atoms with van der Waals surface area (Å²) in [6.07, 6.45) is 0. The molecule has 20 heavy (non-hydrogen) atoms. The molecule has 1 atom stereocenters. The number of benzene rings is 1. The number of rotatable bonds is 5. The van der Waals surface area contributed by atoms with Crippen molar-refractivity contribution in [2.45, 2.75) is 12.6 Å². The fourth-order valence-corrected chi connectivity index (χ4v) is 4.34. The summed E-state index contributed by atoms with van der Waals surface area (Å²) in [5.41, 5.74) is 6.85. The minimum Gasteiger partial charge on any atom is -0.329 e. The Morgan fingerprint density at radius 1 is 1.35 bits per heavy atom. The van der Waals surface area contributed by atoms with Crippen molar-refractivity contribution in [2.75, 3.05) is 13.6 Å². The van der Waals surface area contributed by atoms with E-state index < -0.39 is 0 Å². The molecule has 0 amide bonds. The van der Waals surface area contributed by atoms with Gasteiger partial charge in [0, 0.05) is 22.4 Å². The van der Waals surface area contributed by atoms with Crippen LogP contribution in [0.3, 0.4) is 0 Å². The molecule has 0 aliphatic heterocycles. The van der Waals surface area contributed by atoms with Gasteiger partial charge in [0.2, 0.25) is 0 Å². The first-order chi connectivity index (χ1) is 9.51. The van der Waals surface area contributed by atoms with Gasteiger partial charge in [-0.25, -0.2) is 4.39 Å². The van der Waals surface area contributed by atoms with Crippen LogP contribution in [0.15, 0.2) is 38.6 Å². The molecule has 6 heteroatoms. The van der Waals surface area contributed by atoms with Crippen LogP contribution in [0.2, 0.25) is 0 Å². The normalized spacial score (nSPS) is 12.9. The Morgan fingerprint density at radius 2 is 2.10 bits per heavy atom. The third-order valence-electron chi connectivity index (χ3n) is 3.07. The molecule has 2 nitrogen and oxygen atoms in total. The zero-order valence-corrected chi connectivity index (χ0v) is 14.9. The fraction of sp³-hybridized carbons (Fsp3) is 0.286. The summed E-state index contributed by atoms with van der Waals surface area (Å²) >= 11 is 8.66. The highest BCUT2D eigenvalue weighted by atomic mass is 79.9. The SMILES string of the molecule is CN(Cc1cccc(F)c1)C(CN)c1cc(Br)c(Br)s1. The van der Waals surface area contributed by atoms with Crippen molar-refractivity contribution >= 4 is 43.2 Å². The lowest BCUT2D eigenvalue weighted by atomic mass is 10.1. The predicted molar refractivity (Wildman–Crippen MR) is 89.4 cm³/mol. The van der Waals surface area contributed by atoms with Crippen molar-refractivity contribution in [1.29, 1.82) is 0 Å². The number of likely N-dealkylation sites (N-methyl/N-ethyl adjacent to an activating group) is 1. The fourth-order valence-electron chi connectivity index (χ4n) is 2.07. The molecular formula is C14H15Br2FN2S. The maximum absolute atomic E-state index is 13.2. The minimum atomic E-state index is -0.207. The number of halogens is 3. The first-order valence-corrected chi connectivity index (χ1v) is 8.51. The van der Waals surface area contributed by atoms with Crippen molar-refractivity contribution in [3.63, 3.8) is 0 Å². The Bertz CT molecular complexity index is 569. The van der Waals surface area contributed by atoms with Gasteiger partial charge in [-0.1, -0.05) is 12.1 Å². The van der Waals surface area contributed by atoms with E-state index in [4.69, 9.17) is 5.73 Å².